The second-order valence-corrected chi connectivity index (χ2v) is 6.50. The molecule has 2 heterocycles. The molecule has 25 heavy (non-hydrogen) atoms. The molecule has 10 heteroatoms. The Morgan fingerprint density at radius 1 is 1.32 bits per heavy atom. The van der Waals surface area contributed by atoms with Gasteiger partial charge in [-0.25, -0.2) is 14.3 Å². The molecule has 1 saturated carbocycles. The molecule has 0 unspecified atom stereocenters. The standard InChI is InChI=1S/C15H22N6O3.ClH/c1-19-9-17-12-11(19)13(23)21(14(24)20(12)2)7-10(22)18-15(8-16)5-3-4-6-15;/h9H,3-8,16H2,1-2H3,(H,18,22);1H. The average Bonchev–Trinajstić information content (AvgIpc) is 3.17. The van der Waals surface area contributed by atoms with E-state index < -0.39 is 16.8 Å². The zero-order chi connectivity index (χ0) is 17.5. The van der Waals surface area contributed by atoms with Crippen molar-refractivity contribution in [1.82, 2.24) is 24.0 Å². The molecule has 0 spiro atoms. The summed E-state index contributed by atoms with van der Waals surface area (Å²) in [6.45, 7) is 0.0286. The monoisotopic (exact) mass is 370 g/mol. The van der Waals surface area contributed by atoms with Gasteiger partial charge in [-0.05, 0) is 12.8 Å². The van der Waals surface area contributed by atoms with Crippen molar-refractivity contribution in [3.05, 3.63) is 27.2 Å². The third-order valence-corrected chi connectivity index (χ3v) is 4.86. The molecule has 1 fully saturated rings. The van der Waals surface area contributed by atoms with Crippen molar-refractivity contribution in [3.63, 3.8) is 0 Å². The second-order valence-electron chi connectivity index (χ2n) is 6.50. The molecule has 1 aliphatic carbocycles. The predicted octanol–water partition coefficient (Wildman–Crippen LogP) is -0.757. The van der Waals surface area contributed by atoms with Crippen molar-refractivity contribution in [2.75, 3.05) is 6.54 Å². The number of halogens is 1. The highest BCUT2D eigenvalue weighted by molar-refractivity contribution is 5.85. The normalized spacial score (nSPS) is 16.0. The van der Waals surface area contributed by atoms with E-state index in [4.69, 9.17) is 5.73 Å². The summed E-state index contributed by atoms with van der Waals surface area (Å²) < 4.78 is 3.76. The van der Waals surface area contributed by atoms with E-state index in [1.54, 1.807) is 11.6 Å². The maximum absolute atomic E-state index is 12.6. The van der Waals surface area contributed by atoms with Gasteiger partial charge < -0.3 is 15.6 Å². The average molecular weight is 371 g/mol. The molecule has 0 radical (unpaired) electrons. The molecule has 9 nitrogen and oxygen atoms in total. The van der Waals surface area contributed by atoms with Crippen molar-refractivity contribution in [3.8, 4) is 0 Å². The van der Waals surface area contributed by atoms with Crippen LogP contribution in [0.1, 0.15) is 25.7 Å². The highest BCUT2D eigenvalue weighted by Gasteiger charge is 2.34. The number of carbonyl (C=O) groups excluding carboxylic acids is 1. The summed E-state index contributed by atoms with van der Waals surface area (Å²) in [6, 6.07) is 0. The molecule has 1 amide bonds. The Hall–Kier alpha value is -2.13. The largest absolute Gasteiger partial charge is 0.348 e. The van der Waals surface area contributed by atoms with Crippen LogP contribution in [0.5, 0.6) is 0 Å². The van der Waals surface area contributed by atoms with Crippen LogP contribution in [0.25, 0.3) is 11.2 Å². The first-order chi connectivity index (χ1) is 11.4. The SMILES string of the molecule is Cl.Cn1cnc2c1c(=O)n(CC(=O)NC1(CN)CCCC1)c(=O)n2C. The van der Waals surface area contributed by atoms with E-state index in [0.29, 0.717) is 17.7 Å². The van der Waals surface area contributed by atoms with E-state index in [1.807, 2.05) is 0 Å². The van der Waals surface area contributed by atoms with Crippen LogP contribution in [0.3, 0.4) is 0 Å². The summed E-state index contributed by atoms with van der Waals surface area (Å²) in [5.74, 6) is -0.372. The molecule has 3 rings (SSSR count). The number of rotatable bonds is 4. The molecule has 138 valence electrons. The first-order valence-corrected chi connectivity index (χ1v) is 8.00. The van der Waals surface area contributed by atoms with Crippen molar-refractivity contribution in [1.29, 1.82) is 0 Å². The van der Waals surface area contributed by atoms with E-state index in [9.17, 15) is 14.4 Å². The van der Waals surface area contributed by atoms with Crippen molar-refractivity contribution in [2.24, 2.45) is 19.8 Å². The van der Waals surface area contributed by atoms with E-state index in [2.05, 4.69) is 10.3 Å². The quantitative estimate of drug-likeness (QED) is 0.734. The van der Waals surface area contributed by atoms with Crippen molar-refractivity contribution in [2.45, 2.75) is 37.8 Å². The third-order valence-electron chi connectivity index (χ3n) is 4.86. The van der Waals surface area contributed by atoms with Gasteiger partial charge in [-0.1, -0.05) is 12.8 Å². The fraction of sp³-hybridized carbons (Fsp3) is 0.600. The number of carbonyl (C=O) groups is 1. The van der Waals surface area contributed by atoms with Gasteiger partial charge >= 0.3 is 5.69 Å². The molecular weight excluding hydrogens is 348 g/mol. The van der Waals surface area contributed by atoms with Crippen LogP contribution in [0.15, 0.2) is 15.9 Å². The van der Waals surface area contributed by atoms with Crippen LogP contribution in [0.4, 0.5) is 0 Å². The summed E-state index contributed by atoms with van der Waals surface area (Å²) in [7, 11) is 3.21. The van der Waals surface area contributed by atoms with Crippen LogP contribution in [0.2, 0.25) is 0 Å². The smallest absolute Gasteiger partial charge is 0.332 e. The highest BCUT2D eigenvalue weighted by Crippen LogP contribution is 2.28. The molecule has 0 aromatic carbocycles. The van der Waals surface area contributed by atoms with Crippen LogP contribution in [0, 0.1) is 0 Å². The summed E-state index contributed by atoms with van der Waals surface area (Å²) in [5.41, 5.74) is 4.92. The molecular formula is C15H23ClN6O3. The van der Waals surface area contributed by atoms with Gasteiger partial charge in [0.25, 0.3) is 5.56 Å². The van der Waals surface area contributed by atoms with Crippen LogP contribution in [-0.4, -0.2) is 36.7 Å². The van der Waals surface area contributed by atoms with E-state index in [-0.39, 0.29) is 24.9 Å². The fourth-order valence-electron chi connectivity index (χ4n) is 3.45. The Kier molecular flexibility index (Phi) is 5.38. The predicted molar refractivity (Wildman–Crippen MR) is 95.9 cm³/mol. The Balaban J connectivity index is 0.00000225. The third kappa shape index (κ3) is 3.21. The zero-order valence-corrected chi connectivity index (χ0v) is 15.1. The maximum Gasteiger partial charge on any atom is 0.332 e. The van der Waals surface area contributed by atoms with Gasteiger partial charge in [0.1, 0.15) is 6.54 Å². The molecule has 2 aromatic heterocycles. The zero-order valence-electron chi connectivity index (χ0n) is 14.3. The number of hydrogen-bond donors (Lipinski definition) is 2. The summed E-state index contributed by atoms with van der Waals surface area (Å²) >= 11 is 0. The Bertz CT molecular complexity index is 906. The molecule has 0 aliphatic heterocycles. The van der Waals surface area contributed by atoms with Crippen LogP contribution in [-0.2, 0) is 25.4 Å². The maximum atomic E-state index is 12.6. The van der Waals surface area contributed by atoms with Gasteiger partial charge in [-0.2, -0.15) is 0 Å². The van der Waals surface area contributed by atoms with E-state index in [0.717, 1.165) is 30.3 Å². The number of aryl methyl sites for hydroxylation is 2. The Morgan fingerprint density at radius 2 is 1.96 bits per heavy atom. The number of nitrogens with one attached hydrogen (secondary N) is 1. The first-order valence-electron chi connectivity index (χ1n) is 8.00. The lowest BCUT2D eigenvalue weighted by Gasteiger charge is -2.28. The molecule has 1 aliphatic rings. The van der Waals surface area contributed by atoms with Gasteiger partial charge in [0.05, 0.1) is 11.9 Å². The molecule has 0 bridgehead atoms. The van der Waals surface area contributed by atoms with Crippen LogP contribution >= 0.6 is 12.4 Å². The summed E-state index contributed by atoms with van der Waals surface area (Å²) in [4.78, 5) is 41.5. The molecule has 0 saturated heterocycles. The first kappa shape index (κ1) is 19.2. The van der Waals surface area contributed by atoms with Crippen LogP contribution < -0.4 is 22.3 Å². The van der Waals surface area contributed by atoms with Crippen molar-refractivity contribution < 1.29 is 4.79 Å². The minimum atomic E-state index is -0.561. The molecule has 2 aromatic rings. The Labute approximate surface area is 150 Å². The lowest BCUT2D eigenvalue weighted by atomic mass is 9.98. The highest BCUT2D eigenvalue weighted by atomic mass is 35.5. The lowest BCUT2D eigenvalue weighted by Crippen LogP contribution is -2.54. The molecule has 3 N–H and O–H groups in total. The van der Waals surface area contributed by atoms with Gasteiger partial charge in [-0.3, -0.25) is 14.2 Å². The van der Waals surface area contributed by atoms with Gasteiger partial charge in [0.2, 0.25) is 5.91 Å². The lowest BCUT2D eigenvalue weighted by molar-refractivity contribution is -0.123. The van der Waals surface area contributed by atoms with Gasteiger partial charge in [-0.15, -0.1) is 12.4 Å². The number of amides is 1. The van der Waals surface area contributed by atoms with Gasteiger partial charge in [0.15, 0.2) is 11.2 Å². The molecule has 0 atom stereocenters. The fourth-order valence-corrected chi connectivity index (χ4v) is 3.45. The second kappa shape index (κ2) is 7.01. The van der Waals surface area contributed by atoms with Crippen molar-refractivity contribution >= 4 is 29.5 Å². The minimum Gasteiger partial charge on any atom is -0.348 e. The number of nitrogens with zero attached hydrogens (tertiary/aromatic N) is 4. The van der Waals surface area contributed by atoms with E-state index >= 15 is 0 Å². The number of nitrogens with two attached hydrogens (primary N) is 1. The summed E-state index contributed by atoms with van der Waals surface area (Å²) in [5, 5.41) is 2.93. The minimum absolute atomic E-state index is 0. The number of fused-ring (bicyclic) bond motifs is 1. The van der Waals surface area contributed by atoms with Gasteiger partial charge in [0, 0.05) is 20.6 Å². The number of imidazole rings is 1. The summed E-state index contributed by atoms with van der Waals surface area (Å²) in [6.07, 6.45) is 5.14. The number of hydrogen-bond acceptors (Lipinski definition) is 5. The topological polar surface area (TPSA) is 117 Å². The van der Waals surface area contributed by atoms with E-state index in [1.165, 1.54) is 17.9 Å². The Morgan fingerprint density at radius 3 is 2.56 bits per heavy atom. The number of aromatic nitrogens is 4.